The van der Waals surface area contributed by atoms with E-state index < -0.39 is 22.9 Å². The molecule has 0 radical (unpaired) electrons. The normalized spacial score (nSPS) is 14.6. The maximum Gasteiger partial charge on any atom is 0.356 e. The summed E-state index contributed by atoms with van der Waals surface area (Å²) in [6, 6.07) is 3.31. The van der Waals surface area contributed by atoms with Crippen molar-refractivity contribution in [2.45, 2.75) is 25.2 Å². The molecule has 9 heteroatoms. The number of esters is 1. The van der Waals surface area contributed by atoms with Crippen molar-refractivity contribution < 1.29 is 14.3 Å². The molecule has 0 unspecified atom stereocenters. The Kier molecular flexibility index (Phi) is 3.99. The number of ether oxygens (including phenoxy) is 1. The van der Waals surface area contributed by atoms with Crippen LogP contribution in [0, 0.1) is 6.92 Å². The van der Waals surface area contributed by atoms with E-state index in [-0.39, 0.29) is 11.5 Å². The number of aromatic amines is 1. The quantitative estimate of drug-likeness (QED) is 0.672. The largest absolute Gasteiger partial charge is 0.464 e. The smallest absolute Gasteiger partial charge is 0.356 e. The van der Waals surface area contributed by atoms with Crippen molar-refractivity contribution >= 4 is 23.4 Å². The van der Waals surface area contributed by atoms with Gasteiger partial charge in [0.1, 0.15) is 5.69 Å². The lowest BCUT2D eigenvalue weighted by Crippen LogP contribution is -2.29. The number of H-pyrrole nitrogens is 1. The van der Waals surface area contributed by atoms with Crippen molar-refractivity contribution in [1.29, 1.82) is 0 Å². The molecule has 0 aliphatic heterocycles. The SMILES string of the molecule is COC(=O)c1[nH]c(=O)c(Nc2ccnc(C3(C(N)=O)CC3)c2)nc1C. The van der Waals surface area contributed by atoms with Gasteiger partial charge in [0.05, 0.1) is 23.9 Å². The van der Waals surface area contributed by atoms with Crippen LogP contribution in [-0.2, 0) is 14.9 Å². The van der Waals surface area contributed by atoms with E-state index in [0.717, 1.165) is 0 Å². The van der Waals surface area contributed by atoms with E-state index in [0.29, 0.717) is 29.9 Å². The van der Waals surface area contributed by atoms with Crippen LogP contribution in [-0.4, -0.2) is 33.9 Å². The third kappa shape index (κ3) is 2.95. The number of amides is 1. The average Bonchev–Trinajstić information content (AvgIpc) is 3.39. The first-order valence-electron chi connectivity index (χ1n) is 7.60. The molecule has 0 spiro atoms. The number of nitrogens with zero attached hydrogens (tertiary/aromatic N) is 2. The number of pyridine rings is 1. The predicted octanol–water partition coefficient (Wildman–Crippen LogP) is 0.520. The van der Waals surface area contributed by atoms with Gasteiger partial charge in [-0.05, 0) is 31.9 Å². The van der Waals surface area contributed by atoms with Gasteiger partial charge in [-0.1, -0.05) is 0 Å². The number of anilines is 2. The van der Waals surface area contributed by atoms with E-state index in [1.54, 1.807) is 19.1 Å². The van der Waals surface area contributed by atoms with Gasteiger partial charge >= 0.3 is 5.97 Å². The zero-order chi connectivity index (χ0) is 18.2. The maximum atomic E-state index is 12.1. The molecule has 1 amide bonds. The molecule has 0 aromatic carbocycles. The van der Waals surface area contributed by atoms with E-state index in [1.807, 2.05) is 0 Å². The molecule has 1 saturated carbocycles. The summed E-state index contributed by atoms with van der Waals surface area (Å²) in [5.74, 6) is -1.06. The molecule has 3 rings (SSSR count). The number of nitrogens with two attached hydrogens (primary N) is 1. The Bertz CT molecular complexity index is 917. The summed E-state index contributed by atoms with van der Waals surface area (Å²) in [5, 5.41) is 2.88. The van der Waals surface area contributed by atoms with Gasteiger partial charge in [-0.2, -0.15) is 0 Å². The molecular weight excluding hydrogens is 326 g/mol. The Morgan fingerprint density at radius 3 is 2.72 bits per heavy atom. The number of carbonyl (C=O) groups is 2. The second kappa shape index (κ2) is 6.00. The van der Waals surface area contributed by atoms with Gasteiger partial charge in [0.15, 0.2) is 5.82 Å². The first-order chi connectivity index (χ1) is 11.9. The number of rotatable bonds is 5. The Morgan fingerprint density at radius 1 is 1.40 bits per heavy atom. The number of hydrogen-bond donors (Lipinski definition) is 3. The molecule has 1 aliphatic carbocycles. The van der Waals surface area contributed by atoms with Crippen molar-refractivity contribution in [1.82, 2.24) is 15.0 Å². The van der Waals surface area contributed by atoms with Gasteiger partial charge in [-0.15, -0.1) is 0 Å². The molecule has 2 heterocycles. The highest BCUT2D eigenvalue weighted by molar-refractivity contribution is 5.89. The summed E-state index contributed by atoms with van der Waals surface area (Å²) >= 11 is 0. The zero-order valence-corrected chi connectivity index (χ0v) is 13.8. The van der Waals surface area contributed by atoms with Crippen molar-refractivity contribution in [3.8, 4) is 0 Å². The number of aryl methyl sites for hydroxylation is 1. The monoisotopic (exact) mass is 343 g/mol. The number of methoxy groups -OCH3 is 1. The fraction of sp³-hybridized carbons (Fsp3) is 0.312. The average molecular weight is 343 g/mol. The third-order valence-corrected chi connectivity index (χ3v) is 4.22. The van der Waals surface area contributed by atoms with Crippen LogP contribution in [0.25, 0.3) is 0 Å². The van der Waals surface area contributed by atoms with E-state index in [9.17, 15) is 14.4 Å². The number of carbonyl (C=O) groups excluding carboxylic acids is 2. The van der Waals surface area contributed by atoms with Gasteiger partial charge in [0, 0.05) is 11.9 Å². The Balaban J connectivity index is 1.91. The molecular formula is C16H17N5O4. The highest BCUT2D eigenvalue weighted by Crippen LogP contribution is 2.47. The number of primary amides is 1. The van der Waals surface area contributed by atoms with Gasteiger partial charge in [-0.25, -0.2) is 9.78 Å². The van der Waals surface area contributed by atoms with Crippen molar-refractivity contribution in [3.63, 3.8) is 0 Å². The fourth-order valence-corrected chi connectivity index (χ4v) is 2.58. The number of nitrogens with one attached hydrogen (secondary N) is 2. The minimum atomic E-state index is -0.720. The molecule has 4 N–H and O–H groups in total. The summed E-state index contributed by atoms with van der Waals surface area (Å²) in [6.07, 6.45) is 2.85. The predicted molar refractivity (Wildman–Crippen MR) is 88.6 cm³/mol. The minimum Gasteiger partial charge on any atom is -0.464 e. The lowest BCUT2D eigenvalue weighted by atomic mass is 10.0. The second-order valence-corrected chi connectivity index (χ2v) is 5.87. The fourth-order valence-electron chi connectivity index (χ4n) is 2.58. The summed E-state index contributed by atoms with van der Waals surface area (Å²) in [7, 11) is 1.22. The van der Waals surface area contributed by atoms with Crippen LogP contribution < -0.4 is 16.6 Å². The Hall–Kier alpha value is -3.23. The molecule has 1 aliphatic rings. The number of aromatic nitrogens is 3. The molecule has 0 bridgehead atoms. The van der Waals surface area contributed by atoms with Crippen LogP contribution in [0.15, 0.2) is 23.1 Å². The summed E-state index contributed by atoms with van der Waals surface area (Å²) in [4.78, 5) is 46.1. The van der Waals surface area contributed by atoms with E-state index >= 15 is 0 Å². The third-order valence-electron chi connectivity index (χ3n) is 4.22. The highest BCUT2D eigenvalue weighted by Gasteiger charge is 2.51. The van der Waals surface area contributed by atoms with E-state index in [4.69, 9.17) is 5.73 Å². The van der Waals surface area contributed by atoms with Gasteiger partial charge < -0.3 is 20.8 Å². The van der Waals surface area contributed by atoms with E-state index in [2.05, 4.69) is 25.0 Å². The lowest BCUT2D eigenvalue weighted by Gasteiger charge is -2.12. The molecule has 2 aromatic rings. The lowest BCUT2D eigenvalue weighted by molar-refractivity contribution is -0.120. The minimum absolute atomic E-state index is 0.000806. The summed E-state index contributed by atoms with van der Waals surface area (Å²) < 4.78 is 4.59. The molecule has 25 heavy (non-hydrogen) atoms. The molecule has 2 aromatic heterocycles. The van der Waals surface area contributed by atoms with Gasteiger partial charge in [-0.3, -0.25) is 14.6 Å². The van der Waals surface area contributed by atoms with Crippen LogP contribution >= 0.6 is 0 Å². The molecule has 9 nitrogen and oxygen atoms in total. The second-order valence-electron chi connectivity index (χ2n) is 5.87. The van der Waals surface area contributed by atoms with Crippen LogP contribution in [0.5, 0.6) is 0 Å². The summed E-state index contributed by atoms with van der Waals surface area (Å²) in [6.45, 7) is 1.58. The van der Waals surface area contributed by atoms with Gasteiger partial charge in [0.2, 0.25) is 5.91 Å². The van der Waals surface area contributed by atoms with Crippen molar-refractivity contribution in [2.24, 2.45) is 5.73 Å². The van der Waals surface area contributed by atoms with Crippen LogP contribution in [0.1, 0.15) is 34.7 Å². The maximum absolute atomic E-state index is 12.1. The van der Waals surface area contributed by atoms with Crippen LogP contribution in [0.2, 0.25) is 0 Å². The number of hydrogen-bond acceptors (Lipinski definition) is 7. The highest BCUT2D eigenvalue weighted by atomic mass is 16.5. The first-order valence-corrected chi connectivity index (χ1v) is 7.60. The molecule has 1 fully saturated rings. The van der Waals surface area contributed by atoms with Gasteiger partial charge in [0.25, 0.3) is 5.56 Å². The topological polar surface area (TPSA) is 140 Å². The first kappa shape index (κ1) is 16.6. The molecule has 0 saturated heterocycles. The molecule has 0 atom stereocenters. The van der Waals surface area contributed by atoms with E-state index in [1.165, 1.54) is 13.3 Å². The zero-order valence-electron chi connectivity index (χ0n) is 13.8. The van der Waals surface area contributed by atoms with Crippen molar-refractivity contribution in [3.05, 3.63) is 45.8 Å². The molecule has 130 valence electrons. The standard InChI is InChI=1S/C16H17N5O4/c1-8-11(14(23)25-2)21-13(22)12(19-8)20-9-3-6-18-10(7-9)16(4-5-16)15(17)24/h3,6-7H,4-5H2,1-2H3,(H2,17,24)(H,21,22)(H,18,19,20). The van der Waals surface area contributed by atoms with Crippen LogP contribution in [0.4, 0.5) is 11.5 Å². The Labute approximate surface area is 142 Å². The van der Waals surface area contributed by atoms with Crippen molar-refractivity contribution in [2.75, 3.05) is 12.4 Å². The summed E-state index contributed by atoms with van der Waals surface area (Å²) in [5.41, 5.74) is 5.59. The Morgan fingerprint density at radius 2 is 2.12 bits per heavy atom. The van der Waals surface area contributed by atoms with Crippen LogP contribution in [0.3, 0.4) is 0 Å².